The van der Waals surface area contributed by atoms with Gasteiger partial charge in [-0.05, 0) is 56.7 Å². The standard InChI is InChI=1S/C26H30Cl2N6O/c1-2-7-22(25-31-13-14-32-25)34(21-10-5-8-18-9-6-12-30-24(18)21)15-4-3-11-33-26(35)23-19(27)16-29-17-20(23)28/h2,6,9,12-14,16-17,21-22H,1,3-5,7-8,10-11,15H2,(H,31,32)(H,33,35). The number of carbonyl (C=O) groups is 1. The van der Waals surface area contributed by atoms with Gasteiger partial charge in [-0.25, -0.2) is 4.98 Å². The van der Waals surface area contributed by atoms with Gasteiger partial charge in [0.25, 0.3) is 5.91 Å². The lowest BCUT2D eigenvalue weighted by molar-refractivity contribution is 0.0946. The molecule has 1 amide bonds. The highest BCUT2D eigenvalue weighted by Crippen LogP contribution is 2.38. The molecule has 1 aliphatic rings. The molecule has 184 valence electrons. The summed E-state index contributed by atoms with van der Waals surface area (Å²) in [4.78, 5) is 31.6. The van der Waals surface area contributed by atoms with Crippen molar-refractivity contribution in [1.82, 2.24) is 30.2 Å². The molecule has 0 fully saturated rings. The molecule has 4 rings (SSSR count). The van der Waals surface area contributed by atoms with E-state index in [4.69, 9.17) is 28.2 Å². The Balaban J connectivity index is 1.45. The van der Waals surface area contributed by atoms with Crippen LogP contribution >= 0.6 is 23.2 Å². The molecule has 9 heteroatoms. The van der Waals surface area contributed by atoms with Gasteiger partial charge in [0.1, 0.15) is 5.82 Å². The molecule has 3 heterocycles. The Morgan fingerprint density at radius 1 is 1.26 bits per heavy atom. The lowest BCUT2D eigenvalue weighted by atomic mass is 9.89. The number of halogens is 2. The quantitative estimate of drug-likeness (QED) is 0.253. The predicted molar refractivity (Wildman–Crippen MR) is 139 cm³/mol. The number of aromatic amines is 1. The second-order valence-corrected chi connectivity index (χ2v) is 9.46. The number of hydrogen-bond donors (Lipinski definition) is 2. The molecule has 0 saturated heterocycles. The fourth-order valence-electron chi connectivity index (χ4n) is 4.80. The van der Waals surface area contributed by atoms with E-state index in [9.17, 15) is 4.79 Å². The van der Waals surface area contributed by atoms with Gasteiger partial charge in [0.2, 0.25) is 0 Å². The molecule has 0 aromatic carbocycles. The van der Waals surface area contributed by atoms with Crippen molar-refractivity contribution in [3.8, 4) is 0 Å². The van der Waals surface area contributed by atoms with Gasteiger partial charge in [0.15, 0.2) is 0 Å². The molecule has 2 unspecified atom stereocenters. The van der Waals surface area contributed by atoms with Crippen LogP contribution in [0.15, 0.2) is 55.8 Å². The van der Waals surface area contributed by atoms with Crippen molar-refractivity contribution in [3.63, 3.8) is 0 Å². The van der Waals surface area contributed by atoms with Crippen LogP contribution in [-0.4, -0.2) is 43.8 Å². The van der Waals surface area contributed by atoms with Crippen molar-refractivity contribution in [2.45, 2.75) is 50.6 Å². The topological polar surface area (TPSA) is 86.8 Å². The highest BCUT2D eigenvalue weighted by Gasteiger charge is 2.32. The number of amides is 1. The van der Waals surface area contributed by atoms with Crippen molar-refractivity contribution in [2.75, 3.05) is 13.1 Å². The minimum Gasteiger partial charge on any atom is -0.352 e. The lowest BCUT2D eigenvalue weighted by Gasteiger charge is -2.39. The maximum Gasteiger partial charge on any atom is 0.254 e. The van der Waals surface area contributed by atoms with Gasteiger partial charge in [0, 0.05) is 37.5 Å². The maximum atomic E-state index is 12.6. The average Bonchev–Trinajstić information content (AvgIpc) is 3.40. The molecule has 1 aliphatic carbocycles. The number of aryl methyl sites for hydroxylation is 1. The van der Waals surface area contributed by atoms with Crippen molar-refractivity contribution in [3.05, 3.63) is 88.5 Å². The van der Waals surface area contributed by atoms with Gasteiger partial charge >= 0.3 is 0 Å². The third-order valence-corrected chi connectivity index (χ3v) is 6.97. The first kappa shape index (κ1) is 25.4. The highest BCUT2D eigenvalue weighted by atomic mass is 35.5. The smallest absolute Gasteiger partial charge is 0.254 e. The van der Waals surface area contributed by atoms with Gasteiger partial charge in [-0.3, -0.25) is 19.7 Å². The first-order valence-corrected chi connectivity index (χ1v) is 12.7. The number of rotatable bonds is 11. The first-order valence-electron chi connectivity index (χ1n) is 12.0. The summed E-state index contributed by atoms with van der Waals surface area (Å²) in [5, 5.41) is 3.42. The molecule has 2 N–H and O–H groups in total. The van der Waals surface area contributed by atoms with Crippen molar-refractivity contribution in [2.24, 2.45) is 0 Å². The van der Waals surface area contributed by atoms with E-state index in [-0.39, 0.29) is 33.6 Å². The van der Waals surface area contributed by atoms with Crippen molar-refractivity contribution < 1.29 is 4.79 Å². The Kier molecular flexibility index (Phi) is 8.90. The molecule has 0 aliphatic heterocycles. The van der Waals surface area contributed by atoms with Crippen LogP contribution in [-0.2, 0) is 6.42 Å². The molecule has 0 spiro atoms. The highest BCUT2D eigenvalue weighted by molar-refractivity contribution is 6.39. The number of H-pyrrole nitrogens is 1. The van der Waals surface area contributed by atoms with E-state index >= 15 is 0 Å². The van der Waals surface area contributed by atoms with Gasteiger partial charge < -0.3 is 10.3 Å². The molecular formula is C26H30Cl2N6O. The van der Waals surface area contributed by atoms with Gasteiger partial charge in [-0.15, -0.1) is 6.58 Å². The summed E-state index contributed by atoms with van der Waals surface area (Å²) in [5.41, 5.74) is 2.75. The Hall–Kier alpha value is -2.74. The number of nitrogens with zero attached hydrogens (tertiary/aromatic N) is 4. The summed E-state index contributed by atoms with van der Waals surface area (Å²) in [6.07, 6.45) is 16.1. The third kappa shape index (κ3) is 6.10. The summed E-state index contributed by atoms with van der Waals surface area (Å²) in [5.74, 6) is 0.646. The lowest BCUT2D eigenvalue weighted by Crippen LogP contribution is -2.37. The Labute approximate surface area is 216 Å². The Morgan fingerprint density at radius 3 is 2.83 bits per heavy atom. The van der Waals surface area contributed by atoms with Gasteiger partial charge in [0.05, 0.1) is 33.4 Å². The molecule has 3 aromatic heterocycles. The number of pyridine rings is 2. The fourth-order valence-corrected chi connectivity index (χ4v) is 5.33. The van der Waals surface area contributed by atoms with Crippen LogP contribution in [0.25, 0.3) is 0 Å². The largest absolute Gasteiger partial charge is 0.352 e. The number of aromatic nitrogens is 4. The second kappa shape index (κ2) is 12.3. The maximum absolute atomic E-state index is 12.6. The number of imidazole rings is 1. The molecule has 2 atom stereocenters. The van der Waals surface area contributed by atoms with E-state index in [2.05, 4.69) is 37.8 Å². The molecule has 0 bridgehead atoms. The van der Waals surface area contributed by atoms with E-state index in [1.807, 2.05) is 24.5 Å². The average molecular weight is 513 g/mol. The normalized spacial score (nSPS) is 16.0. The summed E-state index contributed by atoms with van der Waals surface area (Å²) < 4.78 is 0. The van der Waals surface area contributed by atoms with E-state index in [1.54, 1.807) is 6.20 Å². The summed E-state index contributed by atoms with van der Waals surface area (Å²) in [6.45, 7) is 5.36. The minimum absolute atomic E-state index is 0.0736. The SMILES string of the molecule is C=CCC(c1ncc[nH]1)N(CCCCNC(=O)c1c(Cl)cncc1Cl)C1CCCc2cccnc21. The zero-order chi connectivity index (χ0) is 24.6. The first-order chi connectivity index (χ1) is 17.1. The van der Waals surface area contributed by atoms with Gasteiger partial charge in [-0.1, -0.05) is 35.3 Å². The summed E-state index contributed by atoms with van der Waals surface area (Å²) in [7, 11) is 0. The van der Waals surface area contributed by atoms with E-state index in [0.717, 1.165) is 56.6 Å². The van der Waals surface area contributed by atoms with Crippen LogP contribution in [0.2, 0.25) is 10.0 Å². The van der Waals surface area contributed by atoms with Crippen molar-refractivity contribution in [1.29, 1.82) is 0 Å². The number of unbranched alkanes of at least 4 members (excludes halogenated alkanes) is 1. The van der Waals surface area contributed by atoms with E-state index < -0.39 is 0 Å². The van der Waals surface area contributed by atoms with Crippen LogP contribution in [0.5, 0.6) is 0 Å². The molecular weight excluding hydrogens is 483 g/mol. The minimum atomic E-state index is -0.287. The van der Waals surface area contributed by atoms with Crippen LogP contribution in [0.3, 0.4) is 0 Å². The number of nitrogens with one attached hydrogen (secondary N) is 2. The fraction of sp³-hybridized carbons (Fsp3) is 0.385. The molecule has 0 saturated carbocycles. The monoisotopic (exact) mass is 512 g/mol. The summed E-state index contributed by atoms with van der Waals surface area (Å²) in [6, 6.07) is 4.49. The van der Waals surface area contributed by atoms with Crippen LogP contribution < -0.4 is 5.32 Å². The molecule has 0 radical (unpaired) electrons. The van der Waals surface area contributed by atoms with Crippen LogP contribution in [0, 0.1) is 0 Å². The molecule has 3 aromatic rings. The summed E-state index contributed by atoms with van der Waals surface area (Å²) >= 11 is 12.2. The van der Waals surface area contributed by atoms with Crippen LogP contribution in [0.1, 0.15) is 71.6 Å². The zero-order valence-corrected chi connectivity index (χ0v) is 21.1. The third-order valence-electron chi connectivity index (χ3n) is 6.40. The zero-order valence-electron chi connectivity index (χ0n) is 19.6. The predicted octanol–water partition coefficient (Wildman–Crippen LogP) is 5.71. The number of hydrogen-bond acceptors (Lipinski definition) is 5. The molecule has 35 heavy (non-hydrogen) atoms. The second-order valence-electron chi connectivity index (χ2n) is 8.65. The Morgan fingerprint density at radius 2 is 2.09 bits per heavy atom. The Bertz CT molecular complexity index is 1120. The van der Waals surface area contributed by atoms with Gasteiger partial charge in [-0.2, -0.15) is 0 Å². The van der Waals surface area contributed by atoms with E-state index in [0.29, 0.717) is 6.54 Å². The molecule has 7 nitrogen and oxygen atoms in total. The van der Waals surface area contributed by atoms with Crippen LogP contribution in [0.4, 0.5) is 0 Å². The number of carbonyl (C=O) groups excluding carboxylic acids is 1. The van der Waals surface area contributed by atoms with Crippen molar-refractivity contribution >= 4 is 29.1 Å². The number of fused-ring (bicyclic) bond motifs is 1. The van der Waals surface area contributed by atoms with E-state index in [1.165, 1.54) is 18.0 Å².